The summed E-state index contributed by atoms with van der Waals surface area (Å²) in [5.41, 5.74) is 2.05. The van der Waals surface area contributed by atoms with Crippen molar-refractivity contribution in [2.75, 3.05) is 0 Å². The van der Waals surface area contributed by atoms with Gasteiger partial charge in [0.15, 0.2) is 0 Å². The highest BCUT2D eigenvalue weighted by molar-refractivity contribution is 14.1. The van der Waals surface area contributed by atoms with E-state index in [4.69, 9.17) is 0 Å². The molecule has 84 valence electrons. The molecule has 2 rings (SSSR count). The third-order valence-corrected chi connectivity index (χ3v) is 3.74. The molecule has 1 aromatic carbocycles. The van der Waals surface area contributed by atoms with Crippen molar-refractivity contribution in [3.63, 3.8) is 0 Å². The zero-order valence-electron chi connectivity index (χ0n) is 9.27. The molecule has 2 aromatic rings. The van der Waals surface area contributed by atoms with Crippen LogP contribution in [-0.2, 0) is 13.5 Å². The van der Waals surface area contributed by atoms with Gasteiger partial charge in [-0.1, -0.05) is 25.1 Å². The summed E-state index contributed by atoms with van der Waals surface area (Å²) in [6.07, 6.45) is 0.865. The molecule has 3 nitrogen and oxygen atoms in total. The van der Waals surface area contributed by atoms with Crippen molar-refractivity contribution in [3.05, 3.63) is 49.9 Å². The minimum absolute atomic E-state index is 0.0613. The first-order chi connectivity index (χ1) is 7.66. The second-order valence-electron chi connectivity index (χ2n) is 3.59. The van der Waals surface area contributed by atoms with Crippen LogP contribution >= 0.6 is 22.6 Å². The van der Waals surface area contributed by atoms with Gasteiger partial charge < -0.3 is 0 Å². The van der Waals surface area contributed by atoms with E-state index in [0.717, 1.165) is 21.4 Å². The van der Waals surface area contributed by atoms with Crippen molar-refractivity contribution in [2.24, 2.45) is 7.05 Å². The maximum absolute atomic E-state index is 12.1. The van der Waals surface area contributed by atoms with Gasteiger partial charge in [-0.15, -0.1) is 0 Å². The molecule has 0 radical (unpaired) electrons. The number of nitrogens with zero attached hydrogens (tertiary/aromatic N) is 2. The van der Waals surface area contributed by atoms with Crippen LogP contribution in [0, 0.1) is 3.57 Å². The normalized spacial score (nSPS) is 10.7. The Bertz CT molecular complexity index is 554. The predicted molar refractivity (Wildman–Crippen MR) is 73.1 cm³/mol. The summed E-state index contributed by atoms with van der Waals surface area (Å²) in [6, 6.07) is 9.71. The Morgan fingerprint density at radius 2 is 1.88 bits per heavy atom. The number of rotatable bonds is 2. The van der Waals surface area contributed by atoms with Crippen LogP contribution in [0.5, 0.6) is 0 Å². The quantitative estimate of drug-likeness (QED) is 0.778. The van der Waals surface area contributed by atoms with Gasteiger partial charge in [-0.2, -0.15) is 0 Å². The van der Waals surface area contributed by atoms with E-state index in [0.29, 0.717) is 0 Å². The van der Waals surface area contributed by atoms with Crippen LogP contribution < -0.4 is 5.56 Å². The Morgan fingerprint density at radius 3 is 2.38 bits per heavy atom. The number of hydrogen-bond acceptors (Lipinski definition) is 1. The molecule has 0 unspecified atom stereocenters. The van der Waals surface area contributed by atoms with Crippen molar-refractivity contribution < 1.29 is 0 Å². The zero-order chi connectivity index (χ0) is 11.7. The van der Waals surface area contributed by atoms with Gasteiger partial charge in [-0.05, 0) is 41.1 Å². The van der Waals surface area contributed by atoms with Crippen molar-refractivity contribution in [3.8, 4) is 5.69 Å². The fraction of sp³-hybridized carbons (Fsp3) is 0.250. The maximum Gasteiger partial charge on any atom is 0.285 e. The summed E-state index contributed by atoms with van der Waals surface area (Å²) in [5.74, 6) is 0. The van der Waals surface area contributed by atoms with Gasteiger partial charge in [0.05, 0.1) is 11.4 Å². The highest BCUT2D eigenvalue weighted by atomic mass is 127. The summed E-state index contributed by atoms with van der Waals surface area (Å²) < 4.78 is 4.45. The van der Waals surface area contributed by atoms with Gasteiger partial charge in [0, 0.05) is 7.05 Å². The van der Waals surface area contributed by atoms with Crippen molar-refractivity contribution in [1.82, 2.24) is 9.36 Å². The SMILES string of the molecule is CCc1c(I)c(=O)n(-c2ccccc2)n1C. The Morgan fingerprint density at radius 1 is 1.25 bits per heavy atom. The van der Waals surface area contributed by atoms with Gasteiger partial charge in [-0.25, -0.2) is 4.68 Å². The molecule has 16 heavy (non-hydrogen) atoms. The average molecular weight is 328 g/mol. The van der Waals surface area contributed by atoms with Crippen LogP contribution in [0.2, 0.25) is 0 Å². The number of aromatic nitrogens is 2. The molecule has 1 heterocycles. The fourth-order valence-corrected chi connectivity index (χ4v) is 2.82. The first kappa shape index (κ1) is 11.4. The highest BCUT2D eigenvalue weighted by Gasteiger charge is 2.14. The summed E-state index contributed by atoms with van der Waals surface area (Å²) in [6.45, 7) is 2.06. The molecule has 0 aliphatic heterocycles. The topological polar surface area (TPSA) is 26.9 Å². The Kier molecular flexibility index (Phi) is 3.18. The average Bonchev–Trinajstić information content (AvgIpc) is 2.51. The van der Waals surface area contributed by atoms with E-state index in [-0.39, 0.29) is 5.56 Å². The molecule has 0 N–H and O–H groups in total. The van der Waals surface area contributed by atoms with E-state index in [1.165, 1.54) is 0 Å². The minimum atomic E-state index is 0.0613. The van der Waals surface area contributed by atoms with Gasteiger partial charge in [0.25, 0.3) is 5.56 Å². The largest absolute Gasteiger partial charge is 0.285 e. The lowest BCUT2D eigenvalue weighted by molar-refractivity contribution is 0.618. The lowest BCUT2D eigenvalue weighted by Crippen LogP contribution is -2.20. The van der Waals surface area contributed by atoms with E-state index in [1.54, 1.807) is 4.68 Å². The fourth-order valence-electron chi connectivity index (χ4n) is 1.86. The van der Waals surface area contributed by atoms with Crippen LogP contribution in [0.25, 0.3) is 5.69 Å². The van der Waals surface area contributed by atoms with Crippen LogP contribution in [0.1, 0.15) is 12.6 Å². The molecular weight excluding hydrogens is 315 g/mol. The zero-order valence-corrected chi connectivity index (χ0v) is 11.4. The second kappa shape index (κ2) is 4.45. The molecule has 0 bridgehead atoms. The lowest BCUT2D eigenvalue weighted by Gasteiger charge is -2.08. The van der Waals surface area contributed by atoms with E-state index >= 15 is 0 Å². The molecule has 1 aromatic heterocycles. The van der Waals surface area contributed by atoms with Crippen LogP contribution in [0.15, 0.2) is 35.1 Å². The summed E-state index contributed by atoms with van der Waals surface area (Å²) in [5, 5.41) is 0. The summed E-state index contributed by atoms with van der Waals surface area (Å²) >= 11 is 2.12. The Hall–Kier alpha value is -1.04. The maximum atomic E-state index is 12.1. The van der Waals surface area contributed by atoms with Gasteiger partial charge >= 0.3 is 0 Å². The Balaban J connectivity index is 2.72. The van der Waals surface area contributed by atoms with Crippen molar-refractivity contribution in [1.29, 1.82) is 0 Å². The molecule has 0 spiro atoms. The smallest absolute Gasteiger partial charge is 0.284 e. The van der Waals surface area contributed by atoms with Crippen LogP contribution in [-0.4, -0.2) is 9.36 Å². The minimum Gasteiger partial charge on any atom is -0.284 e. The molecular formula is C12H13IN2O. The second-order valence-corrected chi connectivity index (χ2v) is 4.67. The van der Waals surface area contributed by atoms with Crippen LogP contribution in [0.3, 0.4) is 0 Å². The molecule has 0 saturated carbocycles. The van der Waals surface area contributed by atoms with E-state index < -0.39 is 0 Å². The summed E-state index contributed by atoms with van der Waals surface area (Å²) in [4.78, 5) is 12.1. The molecule has 0 atom stereocenters. The third-order valence-electron chi connectivity index (χ3n) is 2.66. The van der Waals surface area contributed by atoms with E-state index in [1.807, 2.05) is 42.1 Å². The highest BCUT2D eigenvalue weighted by Crippen LogP contribution is 2.12. The lowest BCUT2D eigenvalue weighted by atomic mass is 10.3. The molecule has 0 aliphatic carbocycles. The first-order valence-corrected chi connectivity index (χ1v) is 6.26. The standard InChI is InChI=1S/C12H13IN2O/c1-3-10-11(13)12(16)15(14(10)2)9-7-5-4-6-8-9/h4-8H,3H2,1-2H3. The van der Waals surface area contributed by atoms with E-state index in [9.17, 15) is 4.79 Å². The van der Waals surface area contributed by atoms with Gasteiger partial charge in [-0.3, -0.25) is 9.48 Å². The third kappa shape index (κ3) is 1.71. The summed E-state index contributed by atoms with van der Waals surface area (Å²) in [7, 11) is 1.93. The molecule has 0 amide bonds. The number of para-hydroxylation sites is 1. The van der Waals surface area contributed by atoms with E-state index in [2.05, 4.69) is 29.5 Å². The number of halogens is 1. The monoisotopic (exact) mass is 328 g/mol. The van der Waals surface area contributed by atoms with Gasteiger partial charge in [0.2, 0.25) is 0 Å². The first-order valence-electron chi connectivity index (χ1n) is 5.18. The predicted octanol–water partition coefficient (Wildman–Crippen LogP) is 2.34. The molecule has 0 aliphatic rings. The van der Waals surface area contributed by atoms with Gasteiger partial charge in [0.1, 0.15) is 3.57 Å². The Labute approximate surface area is 108 Å². The number of benzene rings is 1. The molecule has 0 fully saturated rings. The van der Waals surface area contributed by atoms with Crippen LogP contribution in [0.4, 0.5) is 0 Å². The van der Waals surface area contributed by atoms with Crippen molar-refractivity contribution in [2.45, 2.75) is 13.3 Å². The molecule has 4 heteroatoms. The van der Waals surface area contributed by atoms with Crippen molar-refractivity contribution >= 4 is 22.6 Å². The molecule has 0 saturated heterocycles. The number of hydrogen-bond donors (Lipinski definition) is 0.